The van der Waals surface area contributed by atoms with Crippen molar-refractivity contribution in [3.63, 3.8) is 0 Å². The molecule has 0 saturated heterocycles. The molecule has 0 aliphatic carbocycles. The van der Waals surface area contributed by atoms with Crippen molar-refractivity contribution in [1.29, 1.82) is 0 Å². The van der Waals surface area contributed by atoms with Gasteiger partial charge in [-0.1, -0.05) is 5.21 Å². The number of anilines is 1. The van der Waals surface area contributed by atoms with E-state index in [9.17, 15) is 0 Å². The molecule has 98 valence electrons. The highest BCUT2D eigenvalue weighted by atomic mass is 32.2. The fourth-order valence-electron chi connectivity index (χ4n) is 2.23. The summed E-state index contributed by atoms with van der Waals surface area (Å²) in [5.41, 5.74) is 8.83. The summed E-state index contributed by atoms with van der Waals surface area (Å²) in [5.74, 6) is 0. The van der Waals surface area contributed by atoms with Gasteiger partial charge in [0.2, 0.25) is 0 Å². The van der Waals surface area contributed by atoms with Gasteiger partial charge >= 0.3 is 0 Å². The van der Waals surface area contributed by atoms with E-state index < -0.39 is 0 Å². The molecule has 3 rings (SSSR count). The number of aryl methyl sites for hydroxylation is 1. The van der Waals surface area contributed by atoms with Crippen LogP contribution < -0.4 is 5.73 Å². The highest BCUT2D eigenvalue weighted by Crippen LogP contribution is 2.30. The normalized spacial score (nSPS) is 11.3. The Morgan fingerprint density at radius 3 is 2.89 bits per heavy atom. The molecule has 2 N–H and O–H groups in total. The molecule has 0 saturated carbocycles. The SMILES string of the molecule is CSc1cc(N)cc2c1ccn2Cc1cn(C)nn1. The molecule has 6 heteroatoms. The van der Waals surface area contributed by atoms with E-state index >= 15 is 0 Å². The van der Waals surface area contributed by atoms with Crippen LogP contribution in [0.25, 0.3) is 10.9 Å². The van der Waals surface area contributed by atoms with Gasteiger partial charge in [0.15, 0.2) is 0 Å². The minimum absolute atomic E-state index is 0.703. The smallest absolute Gasteiger partial charge is 0.102 e. The molecule has 3 aromatic rings. The second kappa shape index (κ2) is 4.62. The Bertz CT molecular complexity index is 728. The first kappa shape index (κ1) is 12.1. The van der Waals surface area contributed by atoms with Gasteiger partial charge in [-0.3, -0.25) is 4.68 Å². The minimum Gasteiger partial charge on any atom is -0.399 e. The van der Waals surface area contributed by atoms with Gasteiger partial charge in [-0.2, -0.15) is 0 Å². The fourth-order valence-corrected chi connectivity index (χ4v) is 2.88. The van der Waals surface area contributed by atoms with Gasteiger partial charge in [0.1, 0.15) is 5.69 Å². The second-order valence-corrected chi connectivity index (χ2v) is 5.33. The molecule has 0 amide bonds. The Morgan fingerprint density at radius 1 is 1.37 bits per heavy atom. The number of aromatic nitrogens is 4. The zero-order valence-electron chi connectivity index (χ0n) is 10.9. The van der Waals surface area contributed by atoms with E-state index in [-0.39, 0.29) is 0 Å². The Kier molecular flexibility index (Phi) is 2.94. The average Bonchev–Trinajstić information content (AvgIpc) is 2.96. The summed E-state index contributed by atoms with van der Waals surface area (Å²) in [5, 5.41) is 9.30. The molecule has 2 aromatic heterocycles. The predicted octanol–water partition coefficient (Wildman–Crippen LogP) is 2.12. The van der Waals surface area contributed by atoms with E-state index in [1.165, 1.54) is 10.3 Å². The molecule has 19 heavy (non-hydrogen) atoms. The average molecular weight is 273 g/mol. The monoisotopic (exact) mass is 273 g/mol. The molecule has 0 radical (unpaired) electrons. The van der Waals surface area contributed by atoms with E-state index in [4.69, 9.17) is 5.73 Å². The summed E-state index contributed by atoms with van der Waals surface area (Å²) in [4.78, 5) is 1.20. The van der Waals surface area contributed by atoms with E-state index in [0.717, 1.165) is 16.9 Å². The maximum atomic E-state index is 5.97. The van der Waals surface area contributed by atoms with Gasteiger partial charge in [0.05, 0.1) is 12.1 Å². The quantitative estimate of drug-likeness (QED) is 0.586. The Hall–Kier alpha value is -1.95. The molecule has 0 bridgehead atoms. The van der Waals surface area contributed by atoms with E-state index in [1.807, 2.05) is 25.4 Å². The van der Waals surface area contributed by atoms with Gasteiger partial charge in [-0.25, -0.2) is 0 Å². The first-order chi connectivity index (χ1) is 9.17. The molecule has 0 spiro atoms. The lowest BCUT2D eigenvalue weighted by Gasteiger charge is -2.06. The van der Waals surface area contributed by atoms with Crippen LogP contribution in [0.15, 0.2) is 35.5 Å². The summed E-state index contributed by atoms with van der Waals surface area (Å²) in [6.45, 7) is 0.703. The van der Waals surface area contributed by atoms with Crippen LogP contribution in [0.5, 0.6) is 0 Å². The number of rotatable bonds is 3. The molecule has 0 atom stereocenters. The van der Waals surface area contributed by atoms with Crippen molar-refractivity contribution >= 4 is 28.4 Å². The second-order valence-electron chi connectivity index (χ2n) is 4.48. The van der Waals surface area contributed by atoms with Gasteiger partial charge in [0.25, 0.3) is 0 Å². The van der Waals surface area contributed by atoms with Crippen molar-refractivity contribution in [1.82, 2.24) is 19.6 Å². The summed E-state index contributed by atoms with van der Waals surface area (Å²) in [6, 6.07) is 6.14. The summed E-state index contributed by atoms with van der Waals surface area (Å²) < 4.78 is 3.86. The van der Waals surface area contributed by atoms with Crippen molar-refractivity contribution in [3.05, 3.63) is 36.3 Å². The van der Waals surface area contributed by atoms with Crippen LogP contribution in [-0.2, 0) is 13.6 Å². The van der Waals surface area contributed by atoms with Gasteiger partial charge in [-0.15, -0.1) is 16.9 Å². The summed E-state index contributed by atoms with van der Waals surface area (Å²) in [6.07, 6.45) is 6.06. The zero-order chi connectivity index (χ0) is 13.4. The molecule has 2 heterocycles. The van der Waals surface area contributed by atoms with Crippen molar-refractivity contribution in [2.24, 2.45) is 7.05 Å². The molecule has 1 aromatic carbocycles. The molecule has 0 aliphatic heterocycles. The van der Waals surface area contributed by atoms with E-state index in [2.05, 4.69) is 33.4 Å². The number of nitrogen functional groups attached to an aromatic ring is 1. The van der Waals surface area contributed by atoms with E-state index in [0.29, 0.717) is 6.54 Å². The number of nitrogens with zero attached hydrogens (tertiary/aromatic N) is 4. The van der Waals surface area contributed by atoms with Crippen LogP contribution in [0.4, 0.5) is 5.69 Å². The first-order valence-corrected chi connectivity index (χ1v) is 7.17. The lowest BCUT2D eigenvalue weighted by molar-refractivity contribution is 0.711. The number of nitrogens with two attached hydrogens (primary N) is 1. The number of thioether (sulfide) groups is 1. The highest BCUT2D eigenvalue weighted by molar-refractivity contribution is 7.98. The van der Waals surface area contributed by atoms with Crippen molar-refractivity contribution in [2.45, 2.75) is 11.4 Å². The lowest BCUT2D eigenvalue weighted by atomic mass is 10.2. The topological polar surface area (TPSA) is 61.7 Å². The van der Waals surface area contributed by atoms with Crippen LogP contribution in [0.1, 0.15) is 5.69 Å². The Balaban J connectivity index is 2.07. The highest BCUT2D eigenvalue weighted by Gasteiger charge is 2.08. The fraction of sp³-hybridized carbons (Fsp3) is 0.231. The van der Waals surface area contributed by atoms with Crippen LogP contribution in [0.2, 0.25) is 0 Å². The lowest BCUT2D eigenvalue weighted by Crippen LogP contribution is -1.99. The third kappa shape index (κ3) is 2.19. The maximum Gasteiger partial charge on any atom is 0.102 e. The summed E-state index contributed by atoms with van der Waals surface area (Å²) in [7, 11) is 1.87. The van der Waals surface area contributed by atoms with Crippen molar-refractivity contribution < 1.29 is 0 Å². The predicted molar refractivity (Wildman–Crippen MR) is 78.2 cm³/mol. The standard InChI is InChI=1S/C13H15N5S/c1-17-7-10(15-16-17)8-18-4-3-11-12(18)5-9(14)6-13(11)19-2/h3-7H,8,14H2,1-2H3. The maximum absolute atomic E-state index is 5.97. The van der Waals surface area contributed by atoms with Crippen molar-refractivity contribution in [2.75, 3.05) is 12.0 Å². The molecular formula is C13H15N5S. The minimum atomic E-state index is 0.703. The summed E-state index contributed by atoms with van der Waals surface area (Å²) >= 11 is 1.71. The van der Waals surface area contributed by atoms with Gasteiger partial charge in [-0.05, 0) is 24.5 Å². The third-order valence-corrected chi connectivity index (χ3v) is 3.85. The van der Waals surface area contributed by atoms with Crippen molar-refractivity contribution in [3.8, 4) is 0 Å². The Labute approximate surface area is 115 Å². The van der Waals surface area contributed by atoms with Crippen LogP contribution in [0.3, 0.4) is 0 Å². The molecular weight excluding hydrogens is 258 g/mol. The van der Waals surface area contributed by atoms with Crippen LogP contribution in [-0.4, -0.2) is 25.8 Å². The number of hydrogen-bond donors (Lipinski definition) is 1. The van der Waals surface area contributed by atoms with Gasteiger partial charge < -0.3 is 10.3 Å². The number of fused-ring (bicyclic) bond motifs is 1. The van der Waals surface area contributed by atoms with Crippen LogP contribution >= 0.6 is 11.8 Å². The first-order valence-electron chi connectivity index (χ1n) is 5.95. The van der Waals surface area contributed by atoms with Crippen LogP contribution in [0, 0.1) is 0 Å². The zero-order valence-corrected chi connectivity index (χ0v) is 11.7. The van der Waals surface area contributed by atoms with E-state index in [1.54, 1.807) is 16.4 Å². The molecule has 0 aliphatic rings. The molecule has 0 unspecified atom stereocenters. The molecule has 5 nitrogen and oxygen atoms in total. The van der Waals surface area contributed by atoms with Gasteiger partial charge in [0, 0.05) is 35.4 Å². The Morgan fingerprint density at radius 2 is 2.21 bits per heavy atom. The largest absolute Gasteiger partial charge is 0.399 e. The molecule has 0 fully saturated rings. The number of benzene rings is 1. The number of hydrogen-bond acceptors (Lipinski definition) is 4. The third-order valence-electron chi connectivity index (χ3n) is 3.08.